The molecule has 25 heavy (non-hydrogen) atoms. The minimum absolute atomic E-state index is 0.513. The summed E-state index contributed by atoms with van der Waals surface area (Å²) in [6.45, 7) is 3.25. The number of thioether (sulfide) groups is 1. The van der Waals surface area contributed by atoms with Crippen LogP contribution >= 0.6 is 39.0 Å². The second-order valence-corrected chi connectivity index (χ2v) is 10.6. The Morgan fingerprint density at radius 2 is 2.12 bits per heavy atom. The van der Waals surface area contributed by atoms with Gasteiger partial charge < -0.3 is 21.1 Å². The molecule has 3 heterocycles. The van der Waals surface area contributed by atoms with Crippen molar-refractivity contribution < 1.29 is 23.9 Å². The third-order valence-corrected chi connectivity index (χ3v) is 7.53. The van der Waals surface area contributed by atoms with Gasteiger partial charge in [-0.1, -0.05) is 0 Å². The average Bonchev–Trinajstić information content (AvgIpc) is 3.05. The molecule has 0 aliphatic carbocycles. The number of amides is 2. The summed E-state index contributed by atoms with van der Waals surface area (Å²) in [5.74, 6) is -5.75. The van der Waals surface area contributed by atoms with E-state index in [9.17, 15) is 19.5 Å². The molecule has 0 radical (unpaired) electrons. The normalized spacial score (nSPS) is 31.2. The lowest BCUT2D eigenvalue weighted by atomic mass is 9.94. The number of β-lactam (4-membered cyclic amide) rings is 1. The van der Waals surface area contributed by atoms with Gasteiger partial charge in [0.25, 0.3) is 11.7 Å². The summed E-state index contributed by atoms with van der Waals surface area (Å²) >= 11 is 5.49. The minimum Gasteiger partial charge on any atom is -0.480 e. The zero-order chi connectivity index (χ0) is 18.7. The maximum atomic E-state index is 15.2. The summed E-state index contributed by atoms with van der Waals surface area (Å²) in [6.07, 6.45) is 0. The molecule has 11 heteroatoms. The summed E-state index contributed by atoms with van der Waals surface area (Å²) in [5, 5.41) is 10.3. The van der Waals surface area contributed by atoms with Crippen molar-refractivity contribution >= 4 is 56.8 Å². The van der Waals surface area contributed by atoms with Crippen LogP contribution in [0.15, 0.2) is 15.9 Å². The summed E-state index contributed by atoms with van der Waals surface area (Å²) < 4.78 is 15.1. The predicted molar refractivity (Wildman–Crippen MR) is 94.7 cm³/mol. The molecule has 2 aliphatic rings. The molecule has 0 saturated carbocycles. The van der Waals surface area contributed by atoms with Crippen LogP contribution in [0.3, 0.4) is 0 Å². The molecule has 1 unspecified atom stereocenters. The van der Waals surface area contributed by atoms with Crippen molar-refractivity contribution in [3.05, 3.63) is 20.8 Å². The van der Waals surface area contributed by atoms with Gasteiger partial charge in [0.2, 0.25) is 5.91 Å². The largest absolute Gasteiger partial charge is 0.480 e. The number of nitrogens with zero attached hydrogens (tertiary/aromatic N) is 1. The van der Waals surface area contributed by atoms with E-state index in [0.717, 1.165) is 20.4 Å². The molecule has 1 aromatic rings. The molecular weight excluding hydrogens is 437 g/mol. The van der Waals surface area contributed by atoms with Gasteiger partial charge in [-0.25, -0.2) is 9.18 Å². The monoisotopic (exact) mass is 451 g/mol. The number of aliphatic carboxylic acids is 1. The highest BCUT2D eigenvalue weighted by atomic mass is 79.9. The highest BCUT2D eigenvalue weighted by molar-refractivity contribution is 9.11. The fourth-order valence-corrected chi connectivity index (χ4v) is 6.01. The Kier molecular flexibility index (Phi) is 4.42. The zero-order valence-corrected chi connectivity index (χ0v) is 16.4. The van der Waals surface area contributed by atoms with Gasteiger partial charge in [-0.2, -0.15) is 0 Å². The minimum atomic E-state index is -2.66. The number of hydrogen-bond acceptors (Lipinski definition) is 6. The molecule has 1 aromatic heterocycles. The van der Waals surface area contributed by atoms with E-state index in [4.69, 9.17) is 5.73 Å². The number of alkyl halides is 1. The van der Waals surface area contributed by atoms with Crippen molar-refractivity contribution in [2.45, 2.75) is 41.8 Å². The highest BCUT2D eigenvalue weighted by Crippen LogP contribution is 2.55. The van der Waals surface area contributed by atoms with Crippen molar-refractivity contribution in [2.24, 2.45) is 5.73 Å². The van der Waals surface area contributed by atoms with Gasteiger partial charge in [0.1, 0.15) is 17.5 Å². The first-order valence-corrected chi connectivity index (χ1v) is 9.73. The maximum absolute atomic E-state index is 15.2. The number of fused-ring (bicyclic) bond motifs is 1. The Morgan fingerprint density at radius 3 is 2.64 bits per heavy atom. The second kappa shape index (κ2) is 5.93. The lowest BCUT2D eigenvalue weighted by molar-refractivity contribution is -0.182. The molecule has 0 spiro atoms. The fourth-order valence-electron chi connectivity index (χ4n) is 3.02. The van der Waals surface area contributed by atoms with Gasteiger partial charge in [0.05, 0.1) is 3.79 Å². The van der Waals surface area contributed by atoms with Crippen LogP contribution in [0.5, 0.6) is 0 Å². The van der Waals surface area contributed by atoms with Crippen LogP contribution in [0.4, 0.5) is 4.39 Å². The van der Waals surface area contributed by atoms with Crippen LogP contribution in [-0.2, 0) is 14.4 Å². The molecule has 2 aliphatic heterocycles. The standard InChI is InChI=1S/C14H15BrFN3O4S2/c1-13(2)8(10(21)22)19-11(23)14(16,12(19)25-13)18-9(20)7(17)5-3-4-6(15)24-5/h3-4,7-8,12H,17H2,1-2H3,(H,18,20)(H,21,22)/t7?,8-,12+,14-/m0/s1. The average molecular weight is 452 g/mol. The van der Waals surface area contributed by atoms with Gasteiger partial charge in [0, 0.05) is 9.62 Å². The van der Waals surface area contributed by atoms with Crippen LogP contribution in [0, 0.1) is 0 Å². The first-order chi connectivity index (χ1) is 11.5. The zero-order valence-electron chi connectivity index (χ0n) is 13.2. The van der Waals surface area contributed by atoms with Crippen molar-refractivity contribution in [1.29, 1.82) is 0 Å². The number of carboxylic acid groups (broad SMARTS) is 1. The van der Waals surface area contributed by atoms with Gasteiger partial charge in [0.15, 0.2) is 0 Å². The molecule has 4 N–H and O–H groups in total. The number of carboxylic acids is 1. The van der Waals surface area contributed by atoms with E-state index in [0.29, 0.717) is 4.88 Å². The van der Waals surface area contributed by atoms with Crippen LogP contribution < -0.4 is 11.1 Å². The maximum Gasteiger partial charge on any atom is 0.327 e. The molecule has 0 aromatic carbocycles. The smallest absolute Gasteiger partial charge is 0.327 e. The van der Waals surface area contributed by atoms with Crippen molar-refractivity contribution in [3.8, 4) is 0 Å². The number of nitrogens with one attached hydrogen (secondary N) is 1. The number of hydrogen-bond donors (Lipinski definition) is 3. The van der Waals surface area contributed by atoms with Crippen LogP contribution in [0.25, 0.3) is 0 Å². The third kappa shape index (κ3) is 2.77. The number of halogens is 2. The molecule has 2 amide bonds. The molecule has 3 rings (SSSR count). The first-order valence-electron chi connectivity index (χ1n) is 7.24. The second-order valence-electron chi connectivity index (χ2n) is 6.35. The van der Waals surface area contributed by atoms with E-state index in [1.165, 1.54) is 11.3 Å². The highest BCUT2D eigenvalue weighted by Gasteiger charge is 2.73. The van der Waals surface area contributed by atoms with E-state index in [1.54, 1.807) is 26.0 Å². The third-order valence-electron chi connectivity index (χ3n) is 4.21. The summed E-state index contributed by atoms with van der Waals surface area (Å²) in [4.78, 5) is 37.5. The Bertz CT molecular complexity index is 773. The Hall–Kier alpha value is -1.17. The van der Waals surface area contributed by atoms with E-state index in [1.807, 2.05) is 0 Å². The van der Waals surface area contributed by atoms with Gasteiger partial charge in [-0.05, 0) is 41.9 Å². The van der Waals surface area contributed by atoms with E-state index in [-0.39, 0.29) is 0 Å². The van der Waals surface area contributed by atoms with Gasteiger partial charge >= 0.3 is 5.97 Å². The number of thiophene rings is 1. The molecule has 7 nitrogen and oxygen atoms in total. The first kappa shape index (κ1) is 18.6. The summed E-state index contributed by atoms with van der Waals surface area (Å²) in [5.41, 5.74) is 5.83. The molecular formula is C14H15BrFN3O4S2. The number of carbonyl (C=O) groups excluding carboxylic acids is 2. The van der Waals surface area contributed by atoms with E-state index in [2.05, 4.69) is 21.2 Å². The SMILES string of the molecule is CC1(C)S[C@H]2N(C(=O)[C@]2(F)NC(=O)C(N)c2ccc(Br)s2)[C@H]1C(=O)O. The Morgan fingerprint density at radius 1 is 1.48 bits per heavy atom. The summed E-state index contributed by atoms with van der Waals surface area (Å²) in [6, 6.07) is 1.06. The van der Waals surface area contributed by atoms with E-state index < -0.39 is 45.8 Å². The fraction of sp³-hybridized carbons (Fsp3) is 0.500. The summed E-state index contributed by atoms with van der Waals surface area (Å²) in [7, 11) is 0. The van der Waals surface area contributed by atoms with Crippen LogP contribution in [-0.4, -0.2) is 49.7 Å². The van der Waals surface area contributed by atoms with Crippen molar-refractivity contribution in [1.82, 2.24) is 10.2 Å². The molecule has 2 fully saturated rings. The number of carbonyl (C=O) groups is 3. The van der Waals surface area contributed by atoms with Crippen molar-refractivity contribution in [2.75, 3.05) is 0 Å². The van der Waals surface area contributed by atoms with Crippen LogP contribution in [0.2, 0.25) is 0 Å². The lowest BCUT2D eigenvalue weighted by Crippen LogP contribution is -2.77. The number of nitrogens with two attached hydrogens (primary N) is 1. The lowest BCUT2D eigenvalue weighted by Gasteiger charge is -2.47. The molecule has 4 atom stereocenters. The molecule has 0 bridgehead atoms. The quantitative estimate of drug-likeness (QED) is 0.471. The Labute approximate surface area is 159 Å². The van der Waals surface area contributed by atoms with E-state index >= 15 is 4.39 Å². The number of rotatable bonds is 4. The molecule has 2 saturated heterocycles. The van der Waals surface area contributed by atoms with Gasteiger partial charge in [-0.3, -0.25) is 9.59 Å². The Balaban J connectivity index is 1.79. The van der Waals surface area contributed by atoms with Crippen LogP contribution in [0.1, 0.15) is 24.8 Å². The predicted octanol–water partition coefficient (Wildman–Crippen LogP) is 1.44. The van der Waals surface area contributed by atoms with Gasteiger partial charge in [-0.15, -0.1) is 23.1 Å². The molecule has 136 valence electrons. The van der Waals surface area contributed by atoms with Crippen molar-refractivity contribution in [3.63, 3.8) is 0 Å². The topological polar surface area (TPSA) is 113 Å².